The molecule has 5 atom stereocenters. The first-order valence-corrected chi connectivity index (χ1v) is 11.6. The first-order chi connectivity index (χ1) is 16.3. The lowest BCUT2D eigenvalue weighted by Crippen LogP contribution is -2.50. The van der Waals surface area contributed by atoms with Crippen molar-refractivity contribution in [3.63, 3.8) is 0 Å². The third kappa shape index (κ3) is 3.81. The normalized spacial score (nSPS) is 25.9. The Hall–Kier alpha value is -3.39. The van der Waals surface area contributed by atoms with Crippen molar-refractivity contribution in [2.24, 2.45) is 11.3 Å². The van der Waals surface area contributed by atoms with Gasteiger partial charge in [-0.25, -0.2) is 9.59 Å². The van der Waals surface area contributed by atoms with Crippen LogP contribution in [0.15, 0.2) is 48.5 Å². The Labute approximate surface area is 197 Å². The number of carboxylic acid groups (broad SMARTS) is 1. The molecule has 0 spiro atoms. The van der Waals surface area contributed by atoms with Crippen molar-refractivity contribution in [3.05, 3.63) is 59.7 Å². The summed E-state index contributed by atoms with van der Waals surface area (Å²) in [6.07, 6.45) is 0.0138. The van der Waals surface area contributed by atoms with Crippen LogP contribution in [0, 0.1) is 11.3 Å². The third-order valence-electron chi connectivity index (χ3n) is 7.56. The number of carbonyl (C=O) groups is 3. The third-order valence-corrected chi connectivity index (χ3v) is 7.56. The van der Waals surface area contributed by atoms with Gasteiger partial charge < -0.3 is 25.6 Å². The van der Waals surface area contributed by atoms with Crippen LogP contribution in [0.3, 0.4) is 0 Å². The number of aliphatic hydroxyl groups excluding tert-OH is 1. The monoisotopic (exact) mass is 464 g/mol. The van der Waals surface area contributed by atoms with Crippen LogP contribution in [0.2, 0.25) is 0 Å². The van der Waals surface area contributed by atoms with Crippen molar-refractivity contribution < 1.29 is 29.3 Å². The fourth-order valence-corrected chi connectivity index (χ4v) is 5.77. The first-order valence-electron chi connectivity index (χ1n) is 11.6. The number of aliphatic hydroxyl groups is 1. The molecule has 3 aliphatic carbocycles. The maximum Gasteiger partial charge on any atom is 0.407 e. The molecule has 8 heteroatoms. The van der Waals surface area contributed by atoms with Crippen molar-refractivity contribution in [1.29, 1.82) is 0 Å². The summed E-state index contributed by atoms with van der Waals surface area (Å²) in [5.41, 5.74) is 3.92. The molecule has 2 amide bonds. The van der Waals surface area contributed by atoms with Gasteiger partial charge in [0.1, 0.15) is 6.61 Å². The maximum atomic E-state index is 12.8. The summed E-state index contributed by atoms with van der Waals surface area (Å²) in [6, 6.07) is 14.7. The molecular weight excluding hydrogens is 436 g/mol. The summed E-state index contributed by atoms with van der Waals surface area (Å²) in [7, 11) is 0. The van der Waals surface area contributed by atoms with Gasteiger partial charge in [0.15, 0.2) is 6.04 Å². The SMILES string of the molecule is C[C@@H](O)[C@H](NC(=O)[C@]12C[C@H](NC(=O)OCC3c4ccccc4-c4ccccc43)C[C@H]1C2)C(=O)O. The van der Waals surface area contributed by atoms with E-state index in [0.717, 1.165) is 22.3 Å². The van der Waals surface area contributed by atoms with Gasteiger partial charge in [-0.3, -0.25) is 4.79 Å². The number of hydrogen-bond acceptors (Lipinski definition) is 5. The average molecular weight is 465 g/mol. The second kappa shape index (κ2) is 8.43. The molecule has 3 aliphatic rings. The molecule has 0 aliphatic heterocycles. The predicted octanol–water partition coefficient (Wildman–Crippen LogP) is 2.64. The number of ether oxygens (including phenoxy) is 1. The number of nitrogens with one attached hydrogen (secondary N) is 2. The number of amides is 2. The van der Waals surface area contributed by atoms with E-state index in [1.165, 1.54) is 6.92 Å². The Morgan fingerprint density at radius 2 is 1.68 bits per heavy atom. The van der Waals surface area contributed by atoms with E-state index in [4.69, 9.17) is 4.74 Å². The molecule has 5 rings (SSSR count). The van der Waals surface area contributed by atoms with Crippen LogP contribution in [0.5, 0.6) is 0 Å². The molecule has 4 N–H and O–H groups in total. The minimum Gasteiger partial charge on any atom is -0.480 e. The first kappa shape index (κ1) is 22.4. The van der Waals surface area contributed by atoms with Gasteiger partial charge in [-0.15, -0.1) is 0 Å². The summed E-state index contributed by atoms with van der Waals surface area (Å²) in [5, 5.41) is 24.2. The number of fused-ring (bicyclic) bond motifs is 4. The van der Waals surface area contributed by atoms with Gasteiger partial charge in [-0.05, 0) is 54.4 Å². The molecule has 0 bridgehead atoms. The summed E-state index contributed by atoms with van der Waals surface area (Å²) in [4.78, 5) is 36.7. The second-order valence-electron chi connectivity index (χ2n) is 9.69. The molecule has 2 aromatic rings. The van der Waals surface area contributed by atoms with E-state index in [1.807, 2.05) is 24.3 Å². The highest BCUT2D eigenvalue weighted by Crippen LogP contribution is 2.63. The van der Waals surface area contributed by atoms with Crippen molar-refractivity contribution >= 4 is 18.0 Å². The predicted molar refractivity (Wildman–Crippen MR) is 123 cm³/mol. The summed E-state index contributed by atoms with van der Waals surface area (Å²) in [5.74, 6) is -1.58. The minimum absolute atomic E-state index is 0.0272. The Kier molecular flexibility index (Phi) is 5.56. The van der Waals surface area contributed by atoms with Crippen LogP contribution in [0.1, 0.15) is 43.2 Å². The second-order valence-corrected chi connectivity index (χ2v) is 9.69. The summed E-state index contributed by atoms with van der Waals surface area (Å²) in [6.45, 7) is 1.55. The lowest BCUT2D eigenvalue weighted by Gasteiger charge is -2.22. The van der Waals surface area contributed by atoms with Gasteiger partial charge in [0.05, 0.1) is 11.5 Å². The fourth-order valence-electron chi connectivity index (χ4n) is 5.77. The number of hydrogen-bond donors (Lipinski definition) is 4. The zero-order chi connectivity index (χ0) is 24.0. The molecule has 0 unspecified atom stereocenters. The standard InChI is InChI=1S/C26H28N2O6/c1-14(29)22(23(30)31)28-24(32)26-11-15(26)10-16(12-26)27-25(33)34-13-21-19-8-4-2-6-17(19)18-7-3-5-9-20(18)21/h2-9,14-16,21-22,29H,10-13H2,1H3,(H,27,33)(H,28,32)(H,30,31)/t14-,15+,16-,22+,26-/m1/s1. The quantitative estimate of drug-likeness (QED) is 0.499. The Balaban J connectivity index is 1.17. The highest BCUT2D eigenvalue weighted by Gasteiger charge is 2.65. The lowest BCUT2D eigenvalue weighted by atomic mass is 9.98. The van der Waals surface area contributed by atoms with Crippen molar-refractivity contribution in [3.8, 4) is 11.1 Å². The molecule has 2 saturated carbocycles. The maximum absolute atomic E-state index is 12.8. The number of benzene rings is 2. The molecule has 0 heterocycles. The van der Waals surface area contributed by atoms with E-state index in [0.29, 0.717) is 19.3 Å². The van der Waals surface area contributed by atoms with Crippen molar-refractivity contribution in [2.45, 2.75) is 50.3 Å². The molecule has 34 heavy (non-hydrogen) atoms. The van der Waals surface area contributed by atoms with Gasteiger partial charge >= 0.3 is 12.1 Å². The Morgan fingerprint density at radius 1 is 1.06 bits per heavy atom. The van der Waals surface area contributed by atoms with E-state index in [9.17, 15) is 24.6 Å². The number of carboxylic acids is 1. The van der Waals surface area contributed by atoms with Crippen LogP contribution in [0.4, 0.5) is 4.79 Å². The molecule has 2 fully saturated rings. The summed E-state index contributed by atoms with van der Waals surface area (Å²) < 4.78 is 5.61. The largest absolute Gasteiger partial charge is 0.480 e. The Morgan fingerprint density at radius 3 is 2.26 bits per heavy atom. The lowest BCUT2D eigenvalue weighted by molar-refractivity contribution is -0.145. The molecule has 0 radical (unpaired) electrons. The van der Waals surface area contributed by atoms with Gasteiger partial charge in [0.2, 0.25) is 5.91 Å². The number of carbonyl (C=O) groups excluding carboxylic acids is 2. The van der Waals surface area contributed by atoms with Gasteiger partial charge in [-0.2, -0.15) is 0 Å². The van der Waals surface area contributed by atoms with Crippen LogP contribution in [-0.2, 0) is 14.3 Å². The van der Waals surface area contributed by atoms with Crippen LogP contribution in [-0.4, -0.2) is 53.0 Å². The van der Waals surface area contributed by atoms with E-state index in [-0.39, 0.29) is 30.4 Å². The molecular formula is C26H28N2O6. The van der Waals surface area contributed by atoms with E-state index in [2.05, 4.69) is 34.9 Å². The van der Waals surface area contributed by atoms with Gasteiger partial charge in [-0.1, -0.05) is 48.5 Å². The topological polar surface area (TPSA) is 125 Å². The Bertz CT molecular complexity index is 1100. The van der Waals surface area contributed by atoms with Crippen molar-refractivity contribution in [2.75, 3.05) is 6.61 Å². The molecule has 178 valence electrons. The molecule has 0 aromatic heterocycles. The molecule has 0 saturated heterocycles. The average Bonchev–Trinajstić information content (AvgIpc) is 3.24. The molecule has 8 nitrogen and oxygen atoms in total. The highest BCUT2D eigenvalue weighted by molar-refractivity contribution is 5.90. The van der Waals surface area contributed by atoms with E-state index < -0.39 is 29.6 Å². The number of alkyl carbamates (subject to hydrolysis) is 1. The highest BCUT2D eigenvalue weighted by atomic mass is 16.5. The van der Waals surface area contributed by atoms with E-state index >= 15 is 0 Å². The zero-order valence-electron chi connectivity index (χ0n) is 18.9. The smallest absolute Gasteiger partial charge is 0.407 e. The number of aliphatic carboxylic acids is 1. The minimum atomic E-state index is -1.35. The molecule has 2 aromatic carbocycles. The fraction of sp³-hybridized carbons (Fsp3) is 0.423. The van der Waals surface area contributed by atoms with Crippen LogP contribution >= 0.6 is 0 Å². The van der Waals surface area contributed by atoms with Crippen molar-refractivity contribution in [1.82, 2.24) is 10.6 Å². The van der Waals surface area contributed by atoms with Crippen LogP contribution in [0.25, 0.3) is 11.1 Å². The summed E-state index contributed by atoms with van der Waals surface area (Å²) >= 11 is 0. The van der Waals surface area contributed by atoms with Gasteiger partial charge in [0.25, 0.3) is 0 Å². The number of rotatable bonds is 7. The zero-order valence-corrected chi connectivity index (χ0v) is 18.9. The van der Waals surface area contributed by atoms with Crippen LogP contribution < -0.4 is 10.6 Å². The van der Waals surface area contributed by atoms with Gasteiger partial charge in [0, 0.05) is 12.0 Å². The van der Waals surface area contributed by atoms with E-state index in [1.54, 1.807) is 0 Å².